The number of aliphatic hydroxyl groups excluding tert-OH is 1. The molecule has 0 spiro atoms. The molecule has 1 saturated heterocycles. The number of nitrogens with one attached hydrogen (secondary N) is 2. The molecule has 0 saturated carbocycles. The summed E-state index contributed by atoms with van der Waals surface area (Å²) in [7, 11) is 0. The molecule has 3 N–H and O–H groups in total. The van der Waals surface area contributed by atoms with Gasteiger partial charge in [0, 0.05) is 12.2 Å². The summed E-state index contributed by atoms with van der Waals surface area (Å²) < 4.78 is 1.82. The third kappa shape index (κ3) is 2.88. The Labute approximate surface area is 106 Å². The molecular formula is C12H20N4O2. The molecule has 2 rings (SSSR count). The monoisotopic (exact) mass is 252 g/mol. The highest BCUT2D eigenvalue weighted by molar-refractivity contribution is 5.76. The van der Waals surface area contributed by atoms with E-state index in [1.54, 1.807) is 6.33 Å². The molecule has 2 unspecified atom stereocenters. The number of aliphatic hydroxyl groups is 1. The Morgan fingerprint density at radius 2 is 2.44 bits per heavy atom. The van der Waals surface area contributed by atoms with E-state index in [-0.39, 0.29) is 18.5 Å². The first-order chi connectivity index (χ1) is 8.58. The second-order valence-corrected chi connectivity index (χ2v) is 4.78. The quantitative estimate of drug-likeness (QED) is 0.667. The molecule has 1 aliphatic rings. The molecule has 1 aliphatic heterocycles. The largest absolute Gasteiger partial charge is 0.390 e. The zero-order valence-corrected chi connectivity index (χ0v) is 10.8. The Kier molecular flexibility index (Phi) is 3.98. The lowest BCUT2D eigenvalue weighted by atomic mass is 10.0. The third-order valence-electron chi connectivity index (χ3n) is 3.46. The van der Waals surface area contributed by atoms with Crippen LogP contribution < -0.4 is 10.6 Å². The number of β-amino-alcohol motifs (C(OH)–C–C–N with tert-alkyl or cyclic N) is 1. The maximum absolute atomic E-state index is 11.9. The standard InChI is InChI=1S/C12H20N4O2/c1-8-9(2)16(7-14-8)6-12(18)15-10-3-4-13-5-11(10)17/h7,10-11,13,17H,3-6H2,1-2H3,(H,15,18). The maximum Gasteiger partial charge on any atom is 0.240 e. The fourth-order valence-corrected chi connectivity index (χ4v) is 2.12. The Balaban J connectivity index is 1.90. The molecule has 0 aromatic carbocycles. The molecule has 2 atom stereocenters. The summed E-state index contributed by atoms with van der Waals surface area (Å²) in [5, 5.41) is 15.7. The number of carbonyl (C=O) groups excluding carboxylic acids is 1. The molecular weight excluding hydrogens is 232 g/mol. The first-order valence-electron chi connectivity index (χ1n) is 6.24. The maximum atomic E-state index is 11.9. The fraction of sp³-hybridized carbons (Fsp3) is 0.667. The lowest BCUT2D eigenvalue weighted by Crippen LogP contribution is -2.53. The summed E-state index contributed by atoms with van der Waals surface area (Å²) in [6, 6.07) is -0.149. The number of hydrogen-bond donors (Lipinski definition) is 3. The highest BCUT2D eigenvalue weighted by atomic mass is 16.3. The highest BCUT2D eigenvalue weighted by Crippen LogP contribution is 2.06. The first kappa shape index (κ1) is 13.0. The number of imidazole rings is 1. The number of carbonyl (C=O) groups is 1. The summed E-state index contributed by atoms with van der Waals surface area (Å²) in [5.41, 5.74) is 1.93. The number of rotatable bonds is 3. The molecule has 1 aromatic heterocycles. The molecule has 0 radical (unpaired) electrons. The van der Waals surface area contributed by atoms with Gasteiger partial charge in [-0.05, 0) is 26.8 Å². The Morgan fingerprint density at radius 3 is 3.06 bits per heavy atom. The Hall–Kier alpha value is -1.40. The average Bonchev–Trinajstić information content (AvgIpc) is 2.64. The number of hydrogen-bond acceptors (Lipinski definition) is 4. The summed E-state index contributed by atoms with van der Waals surface area (Å²) in [6.07, 6.45) is 1.92. The Bertz CT molecular complexity index is 430. The smallest absolute Gasteiger partial charge is 0.240 e. The highest BCUT2D eigenvalue weighted by Gasteiger charge is 2.24. The van der Waals surface area contributed by atoms with Gasteiger partial charge in [-0.2, -0.15) is 0 Å². The van der Waals surface area contributed by atoms with Crippen molar-refractivity contribution in [2.45, 2.75) is 39.0 Å². The number of amides is 1. The molecule has 0 aliphatic carbocycles. The van der Waals surface area contributed by atoms with Gasteiger partial charge in [0.25, 0.3) is 0 Å². The van der Waals surface area contributed by atoms with Crippen molar-refractivity contribution in [3.8, 4) is 0 Å². The molecule has 2 heterocycles. The molecule has 18 heavy (non-hydrogen) atoms. The van der Waals surface area contributed by atoms with Gasteiger partial charge in [0.15, 0.2) is 0 Å². The van der Waals surface area contributed by atoms with E-state index in [2.05, 4.69) is 15.6 Å². The number of nitrogens with zero attached hydrogens (tertiary/aromatic N) is 2. The minimum Gasteiger partial charge on any atom is -0.390 e. The van der Waals surface area contributed by atoms with E-state index in [0.717, 1.165) is 24.4 Å². The van der Waals surface area contributed by atoms with Crippen LogP contribution in [-0.4, -0.2) is 45.8 Å². The van der Waals surface area contributed by atoms with Gasteiger partial charge in [0.05, 0.1) is 24.2 Å². The van der Waals surface area contributed by atoms with Crippen molar-refractivity contribution in [1.82, 2.24) is 20.2 Å². The van der Waals surface area contributed by atoms with E-state index >= 15 is 0 Å². The van der Waals surface area contributed by atoms with Gasteiger partial charge in [0.2, 0.25) is 5.91 Å². The van der Waals surface area contributed by atoms with Gasteiger partial charge >= 0.3 is 0 Å². The lowest BCUT2D eigenvalue weighted by molar-refractivity contribution is -0.123. The fourth-order valence-electron chi connectivity index (χ4n) is 2.12. The number of aromatic nitrogens is 2. The molecule has 1 aromatic rings. The molecule has 6 nitrogen and oxygen atoms in total. The van der Waals surface area contributed by atoms with Crippen molar-refractivity contribution in [2.24, 2.45) is 0 Å². The van der Waals surface area contributed by atoms with Crippen LogP contribution in [0.4, 0.5) is 0 Å². The topological polar surface area (TPSA) is 79.2 Å². The predicted octanol–water partition coefficient (Wildman–Crippen LogP) is -0.661. The lowest BCUT2D eigenvalue weighted by Gasteiger charge is -2.29. The molecule has 1 amide bonds. The van der Waals surface area contributed by atoms with Crippen molar-refractivity contribution in [2.75, 3.05) is 13.1 Å². The predicted molar refractivity (Wildman–Crippen MR) is 67.1 cm³/mol. The van der Waals surface area contributed by atoms with Crippen molar-refractivity contribution in [3.63, 3.8) is 0 Å². The summed E-state index contributed by atoms with van der Waals surface area (Å²) in [5.74, 6) is -0.0820. The van der Waals surface area contributed by atoms with Crippen LogP contribution in [0.2, 0.25) is 0 Å². The van der Waals surface area contributed by atoms with Gasteiger partial charge in [0.1, 0.15) is 6.54 Å². The van der Waals surface area contributed by atoms with Crippen LogP contribution in [0.3, 0.4) is 0 Å². The summed E-state index contributed by atoms with van der Waals surface area (Å²) in [4.78, 5) is 16.1. The van der Waals surface area contributed by atoms with E-state index in [1.165, 1.54) is 0 Å². The van der Waals surface area contributed by atoms with Gasteiger partial charge in [-0.25, -0.2) is 4.98 Å². The molecule has 6 heteroatoms. The zero-order chi connectivity index (χ0) is 13.1. The van der Waals surface area contributed by atoms with Gasteiger partial charge in [-0.3, -0.25) is 4.79 Å². The van der Waals surface area contributed by atoms with Crippen molar-refractivity contribution < 1.29 is 9.90 Å². The van der Waals surface area contributed by atoms with Gasteiger partial charge < -0.3 is 20.3 Å². The number of aryl methyl sites for hydroxylation is 1. The second-order valence-electron chi connectivity index (χ2n) is 4.78. The zero-order valence-electron chi connectivity index (χ0n) is 10.8. The van der Waals surface area contributed by atoms with Crippen molar-refractivity contribution >= 4 is 5.91 Å². The van der Waals surface area contributed by atoms with Crippen LogP contribution in [0.25, 0.3) is 0 Å². The van der Waals surface area contributed by atoms with Crippen molar-refractivity contribution in [3.05, 3.63) is 17.7 Å². The minimum atomic E-state index is -0.506. The van der Waals surface area contributed by atoms with Crippen LogP contribution in [0.1, 0.15) is 17.8 Å². The van der Waals surface area contributed by atoms with E-state index in [4.69, 9.17) is 0 Å². The van der Waals surface area contributed by atoms with Crippen LogP contribution >= 0.6 is 0 Å². The van der Waals surface area contributed by atoms with E-state index in [9.17, 15) is 9.90 Å². The first-order valence-corrected chi connectivity index (χ1v) is 6.24. The average molecular weight is 252 g/mol. The summed E-state index contributed by atoms with van der Waals surface area (Å²) in [6.45, 7) is 5.47. The normalized spacial score (nSPS) is 23.9. The van der Waals surface area contributed by atoms with Crippen LogP contribution in [0.5, 0.6) is 0 Å². The second kappa shape index (κ2) is 5.49. The minimum absolute atomic E-state index is 0.0820. The SMILES string of the molecule is Cc1ncn(CC(=O)NC2CCNCC2O)c1C. The Morgan fingerprint density at radius 1 is 1.67 bits per heavy atom. The van der Waals surface area contributed by atoms with Crippen LogP contribution in [0.15, 0.2) is 6.33 Å². The van der Waals surface area contributed by atoms with Gasteiger partial charge in [-0.1, -0.05) is 0 Å². The molecule has 1 fully saturated rings. The van der Waals surface area contributed by atoms with E-state index in [0.29, 0.717) is 6.54 Å². The third-order valence-corrected chi connectivity index (χ3v) is 3.46. The molecule has 100 valence electrons. The van der Waals surface area contributed by atoms with E-state index < -0.39 is 6.10 Å². The number of piperidine rings is 1. The molecule has 0 bridgehead atoms. The van der Waals surface area contributed by atoms with E-state index in [1.807, 2.05) is 18.4 Å². The van der Waals surface area contributed by atoms with Crippen LogP contribution in [-0.2, 0) is 11.3 Å². The van der Waals surface area contributed by atoms with Crippen molar-refractivity contribution in [1.29, 1.82) is 0 Å². The summed E-state index contributed by atoms with van der Waals surface area (Å²) >= 11 is 0. The van der Waals surface area contributed by atoms with Gasteiger partial charge in [-0.15, -0.1) is 0 Å². The van der Waals surface area contributed by atoms with Crippen LogP contribution in [0, 0.1) is 13.8 Å².